The molecule has 1 spiro atoms. The van der Waals surface area contributed by atoms with E-state index in [0.29, 0.717) is 39.2 Å². The van der Waals surface area contributed by atoms with E-state index in [-0.39, 0.29) is 29.0 Å². The molecule has 1 saturated heterocycles. The summed E-state index contributed by atoms with van der Waals surface area (Å²) in [5.41, 5.74) is 2.19. The molecule has 8 nitrogen and oxygen atoms in total. The zero-order valence-electron chi connectivity index (χ0n) is 21.2. The molecule has 1 aliphatic heterocycles. The van der Waals surface area contributed by atoms with Gasteiger partial charge in [0.2, 0.25) is 0 Å². The number of carbonyl (C=O) groups is 2. The number of fused-ring (bicyclic) bond motifs is 1. The summed E-state index contributed by atoms with van der Waals surface area (Å²) >= 11 is 1.30. The van der Waals surface area contributed by atoms with Crippen LogP contribution in [0.15, 0.2) is 24.3 Å². The molecule has 3 aromatic rings. The minimum absolute atomic E-state index is 0.0825. The summed E-state index contributed by atoms with van der Waals surface area (Å²) in [6.07, 6.45) is 2.89. The van der Waals surface area contributed by atoms with Crippen molar-refractivity contribution in [2.24, 2.45) is 0 Å². The zero-order chi connectivity index (χ0) is 25.1. The number of nitrogens with one attached hydrogen (secondary N) is 1. The van der Waals surface area contributed by atoms with Gasteiger partial charge in [0.05, 0.1) is 17.2 Å². The van der Waals surface area contributed by atoms with Crippen molar-refractivity contribution in [1.82, 2.24) is 19.7 Å². The van der Waals surface area contributed by atoms with Crippen LogP contribution in [0.25, 0.3) is 10.3 Å². The number of rotatable bonds is 5. The first kappa shape index (κ1) is 23.9. The Kier molecular flexibility index (Phi) is 5.75. The third-order valence-electron chi connectivity index (χ3n) is 7.16. The standard InChI is InChI=1S/C26H33N5O3S/c1-15(2)16-8-10-17(11-9-16)22(32)28-24-27-21-20(35-24)19(29-31(21)25(3,4)5)23(33)30-13-7-12-26(30)14-18(26)34-6/h8-11,15,18H,7,12-14H2,1-6H3,(H,27,28,32). The number of hydrogen-bond acceptors (Lipinski definition) is 6. The highest BCUT2D eigenvalue weighted by Crippen LogP contribution is 2.52. The second kappa shape index (κ2) is 8.41. The Balaban J connectivity index is 1.47. The molecule has 0 radical (unpaired) electrons. The first-order valence-electron chi connectivity index (χ1n) is 12.2. The van der Waals surface area contributed by atoms with Crippen molar-refractivity contribution in [3.8, 4) is 0 Å². The van der Waals surface area contributed by atoms with Crippen molar-refractivity contribution < 1.29 is 14.3 Å². The second-order valence-electron chi connectivity index (χ2n) is 10.9. The lowest BCUT2D eigenvalue weighted by Crippen LogP contribution is -2.40. The van der Waals surface area contributed by atoms with Gasteiger partial charge >= 0.3 is 0 Å². The normalized spacial score (nSPS) is 21.9. The number of likely N-dealkylation sites (tertiary alicyclic amines) is 1. The quantitative estimate of drug-likeness (QED) is 0.537. The molecule has 2 aliphatic rings. The number of anilines is 1. The van der Waals surface area contributed by atoms with Crippen LogP contribution >= 0.6 is 11.3 Å². The summed E-state index contributed by atoms with van der Waals surface area (Å²) < 4.78 is 8.09. The summed E-state index contributed by atoms with van der Waals surface area (Å²) in [4.78, 5) is 33.3. The molecule has 5 rings (SSSR count). The van der Waals surface area contributed by atoms with E-state index in [1.807, 2.05) is 49.9 Å². The third kappa shape index (κ3) is 4.04. The monoisotopic (exact) mass is 495 g/mol. The predicted octanol–water partition coefficient (Wildman–Crippen LogP) is 5.02. The molecule has 1 aliphatic carbocycles. The van der Waals surface area contributed by atoms with Gasteiger partial charge in [-0.2, -0.15) is 10.1 Å². The van der Waals surface area contributed by atoms with E-state index >= 15 is 0 Å². The minimum atomic E-state index is -0.379. The Bertz CT molecular complexity index is 1290. The number of nitrogens with zero attached hydrogens (tertiary/aromatic N) is 4. The Labute approximate surface area is 209 Å². The number of aromatic nitrogens is 3. The molecule has 2 atom stereocenters. The van der Waals surface area contributed by atoms with Crippen molar-refractivity contribution in [1.29, 1.82) is 0 Å². The topological polar surface area (TPSA) is 89.3 Å². The Morgan fingerprint density at radius 3 is 2.54 bits per heavy atom. The van der Waals surface area contributed by atoms with Crippen LogP contribution in [0.3, 0.4) is 0 Å². The van der Waals surface area contributed by atoms with E-state index in [2.05, 4.69) is 19.2 Å². The van der Waals surface area contributed by atoms with Crippen molar-refractivity contribution in [2.75, 3.05) is 19.0 Å². The molecule has 1 aromatic carbocycles. The van der Waals surface area contributed by atoms with Crippen LogP contribution < -0.4 is 5.32 Å². The number of methoxy groups -OCH3 is 1. The van der Waals surface area contributed by atoms with E-state index in [4.69, 9.17) is 14.8 Å². The van der Waals surface area contributed by atoms with Gasteiger partial charge in [-0.3, -0.25) is 14.9 Å². The van der Waals surface area contributed by atoms with Gasteiger partial charge < -0.3 is 9.64 Å². The van der Waals surface area contributed by atoms with Crippen LogP contribution in [-0.4, -0.2) is 56.8 Å². The lowest BCUT2D eigenvalue weighted by molar-refractivity contribution is 0.0615. The maximum Gasteiger partial charge on any atom is 0.276 e. The van der Waals surface area contributed by atoms with Crippen LogP contribution in [0, 0.1) is 0 Å². The Morgan fingerprint density at radius 1 is 1.23 bits per heavy atom. The summed E-state index contributed by atoms with van der Waals surface area (Å²) in [7, 11) is 1.71. The molecular weight excluding hydrogens is 462 g/mol. The average molecular weight is 496 g/mol. The van der Waals surface area contributed by atoms with E-state index in [9.17, 15) is 9.59 Å². The largest absolute Gasteiger partial charge is 0.379 e. The maximum absolute atomic E-state index is 13.7. The zero-order valence-corrected chi connectivity index (χ0v) is 22.0. The van der Waals surface area contributed by atoms with Crippen molar-refractivity contribution in [2.45, 2.75) is 77.0 Å². The van der Waals surface area contributed by atoms with Gasteiger partial charge in [-0.15, -0.1) is 0 Å². The van der Waals surface area contributed by atoms with Crippen LogP contribution in [-0.2, 0) is 10.3 Å². The van der Waals surface area contributed by atoms with Crippen LogP contribution in [0.1, 0.15) is 86.2 Å². The van der Waals surface area contributed by atoms with Crippen molar-refractivity contribution in [3.05, 3.63) is 41.1 Å². The smallest absolute Gasteiger partial charge is 0.276 e. The molecule has 1 saturated carbocycles. The highest BCUT2D eigenvalue weighted by Gasteiger charge is 2.62. The molecule has 0 bridgehead atoms. The van der Waals surface area contributed by atoms with Gasteiger partial charge in [0.25, 0.3) is 11.8 Å². The molecule has 186 valence electrons. The second-order valence-corrected chi connectivity index (χ2v) is 11.9. The minimum Gasteiger partial charge on any atom is -0.379 e. The van der Waals surface area contributed by atoms with E-state index in [1.165, 1.54) is 16.9 Å². The highest BCUT2D eigenvalue weighted by molar-refractivity contribution is 7.22. The number of amides is 2. The third-order valence-corrected chi connectivity index (χ3v) is 8.13. The van der Waals surface area contributed by atoms with Crippen LogP contribution in [0.5, 0.6) is 0 Å². The first-order chi connectivity index (χ1) is 16.5. The Morgan fingerprint density at radius 2 is 1.94 bits per heavy atom. The number of carbonyl (C=O) groups excluding carboxylic acids is 2. The SMILES string of the molecule is COC1CC12CCCN2C(=O)c1nn(C(C)(C)C)c2nc(NC(=O)c3ccc(C(C)C)cc3)sc12. The summed E-state index contributed by atoms with van der Waals surface area (Å²) in [6, 6.07) is 7.61. The molecule has 2 unspecified atom stereocenters. The van der Waals surface area contributed by atoms with Gasteiger partial charge in [-0.1, -0.05) is 37.3 Å². The number of benzene rings is 1. The van der Waals surface area contributed by atoms with Crippen LogP contribution in [0.2, 0.25) is 0 Å². The Hall–Kier alpha value is -2.78. The van der Waals surface area contributed by atoms with Gasteiger partial charge in [-0.25, -0.2) is 4.68 Å². The molecule has 35 heavy (non-hydrogen) atoms. The van der Waals surface area contributed by atoms with Crippen molar-refractivity contribution >= 4 is 38.6 Å². The summed E-state index contributed by atoms with van der Waals surface area (Å²) in [6.45, 7) is 11.0. The molecule has 9 heteroatoms. The average Bonchev–Trinajstić information content (AvgIpc) is 3.08. The predicted molar refractivity (Wildman–Crippen MR) is 137 cm³/mol. The lowest BCUT2D eigenvalue weighted by atomic mass is 10.0. The first-order valence-corrected chi connectivity index (χ1v) is 13.0. The van der Waals surface area contributed by atoms with Gasteiger partial charge in [0.15, 0.2) is 16.5 Å². The fourth-order valence-corrected chi connectivity index (χ4v) is 6.01. The molecular formula is C26H33N5O3S. The summed E-state index contributed by atoms with van der Waals surface area (Å²) in [5.74, 6) is 0.0948. The maximum atomic E-state index is 13.7. The molecule has 3 heterocycles. The number of hydrogen-bond donors (Lipinski definition) is 1. The summed E-state index contributed by atoms with van der Waals surface area (Å²) in [5, 5.41) is 8.12. The molecule has 2 amide bonds. The fraction of sp³-hybridized carbons (Fsp3) is 0.538. The number of ether oxygens (including phenoxy) is 1. The van der Waals surface area contributed by atoms with E-state index in [1.54, 1.807) is 11.8 Å². The van der Waals surface area contributed by atoms with Crippen LogP contribution in [0.4, 0.5) is 5.13 Å². The number of thiazole rings is 1. The van der Waals surface area contributed by atoms with Gasteiger partial charge in [-0.05, 0) is 57.2 Å². The van der Waals surface area contributed by atoms with E-state index in [0.717, 1.165) is 19.3 Å². The van der Waals surface area contributed by atoms with Gasteiger partial charge in [0.1, 0.15) is 4.70 Å². The molecule has 2 aromatic heterocycles. The highest BCUT2D eigenvalue weighted by atomic mass is 32.1. The molecule has 1 N–H and O–H groups in total. The van der Waals surface area contributed by atoms with E-state index < -0.39 is 0 Å². The lowest BCUT2D eigenvalue weighted by Gasteiger charge is -2.24. The van der Waals surface area contributed by atoms with Gasteiger partial charge in [0, 0.05) is 25.6 Å². The molecule has 2 fully saturated rings. The fourth-order valence-electron chi connectivity index (χ4n) is 5.10. The van der Waals surface area contributed by atoms with Crippen molar-refractivity contribution in [3.63, 3.8) is 0 Å².